The topological polar surface area (TPSA) is 258 Å². The Morgan fingerprint density at radius 2 is 0.658 bits per heavy atom. The van der Waals surface area contributed by atoms with Crippen molar-refractivity contribution < 1.29 is 23.7 Å². The Morgan fingerprint density at radius 1 is 0.333 bits per heavy atom. The van der Waals surface area contributed by atoms with Gasteiger partial charge < -0.3 is 34.3 Å². The molecule has 18 aromatic rings. The van der Waals surface area contributed by atoms with Gasteiger partial charge in [0.25, 0.3) is 5.56 Å². The van der Waals surface area contributed by atoms with Crippen molar-refractivity contribution in [1.29, 1.82) is 0 Å². The van der Waals surface area contributed by atoms with E-state index in [0.29, 0.717) is 78.2 Å². The van der Waals surface area contributed by atoms with Gasteiger partial charge >= 0.3 is 0 Å². The van der Waals surface area contributed by atoms with Gasteiger partial charge in [0.2, 0.25) is 22.0 Å². The lowest BCUT2D eigenvalue weighted by Gasteiger charge is -2.16. The molecular formula is C87H72ClN17O6S3. The first-order valence-corrected chi connectivity index (χ1v) is 38.6. The summed E-state index contributed by atoms with van der Waals surface area (Å²) in [7, 11) is 8.15. The van der Waals surface area contributed by atoms with E-state index < -0.39 is 0 Å². The van der Waals surface area contributed by atoms with Gasteiger partial charge in [-0.1, -0.05) is 253 Å². The molecule has 0 aliphatic rings. The molecule has 0 unspecified atom stereocenters. The standard InChI is InChI=1S/C29H24N6O2S.C28H22N6O2S.C26H20ClN3O2.C4H6N2S/c1-18-32-33-29(38-18)31-26-24(20-14-16-22(36-2)17-15-20)28(37-3)35-27(30-26)23(19-10-6-4-7-11-19)25(34-35)21-12-8-5-9-13-21;1-17-31-32-28(37-17)30-25-23(19-13-15-21(36-2)16-14-19)27(35)34-26(29-25)22(18-9-5-3-6-10-18)24(33-34)20-11-7-4-8-12-20;1-31-20-15-13-18(14-16-20)22-24(27)28-25-21(17-9-5-3-6-10-17)23(19-11-7-4-8-12-19)29-30(25)26(22)32-2;1-3-5-6-4(2)7-3/h4-17H,1-3H3,(H,30,31,33);3-16,33H,1-2H3,(H,30,32);3-16H,1-2H3;1-2H3. The smallest absolute Gasteiger partial charge is 0.282 e. The summed E-state index contributed by atoms with van der Waals surface area (Å²) in [6.07, 6.45) is 0. The molecule has 0 spiro atoms. The van der Waals surface area contributed by atoms with E-state index in [9.17, 15) is 4.79 Å². The van der Waals surface area contributed by atoms with Crippen LogP contribution in [0, 0.1) is 27.7 Å². The summed E-state index contributed by atoms with van der Waals surface area (Å²) in [5.74, 6) is 4.27. The number of H-pyrrole nitrogens is 1. The van der Waals surface area contributed by atoms with E-state index in [4.69, 9.17) is 60.4 Å². The van der Waals surface area contributed by atoms with Gasteiger partial charge in [0.1, 0.15) is 65.5 Å². The van der Waals surface area contributed by atoms with Crippen LogP contribution in [0.15, 0.2) is 260 Å². The van der Waals surface area contributed by atoms with Crippen LogP contribution in [0.5, 0.6) is 29.0 Å². The Balaban J connectivity index is 0.000000129. The first-order chi connectivity index (χ1) is 55.8. The van der Waals surface area contributed by atoms with Gasteiger partial charge in [-0.3, -0.25) is 9.89 Å². The zero-order valence-corrected chi connectivity index (χ0v) is 66.3. The number of ether oxygens (including phenoxy) is 5. The molecule has 9 aromatic carbocycles. The van der Waals surface area contributed by atoms with Crippen molar-refractivity contribution in [3.8, 4) is 130 Å². The van der Waals surface area contributed by atoms with Crippen molar-refractivity contribution in [2.45, 2.75) is 27.7 Å². The average Bonchev–Trinajstić information content (AvgIpc) is 1.59. The van der Waals surface area contributed by atoms with Crippen molar-refractivity contribution in [3.05, 3.63) is 290 Å². The number of benzene rings is 9. The normalized spacial score (nSPS) is 10.9. The molecule has 0 aliphatic carbocycles. The molecule has 0 amide bonds. The predicted octanol–water partition coefficient (Wildman–Crippen LogP) is 20.1. The monoisotopic (exact) mass is 1580 g/mol. The molecule has 0 saturated carbocycles. The van der Waals surface area contributed by atoms with E-state index in [1.54, 1.807) is 55.9 Å². The summed E-state index contributed by atoms with van der Waals surface area (Å²) in [5, 5.41) is 49.6. The zero-order valence-electron chi connectivity index (χ0n) is 63.1. The zero-order chi connectivity index (χ0) is 78.8. The Morgan fingerprint density at radius 3 is 1.04 bits per heavy atom. The SMILES string of the molecule is COc1ccc(-c2c(Cl)nc3c(-c4ccccc4)c(-c4ccccc4)nn3c2OC)cc1.COc1ccc(-c2c(Nc3nnc(C)s3)nc3c(-c4ccccc4)c(-c4ccccc4)[nH]n3c2=O)cc1.COc1ccc(-c2c(Nc3nnc(C)s3)nc3c(-c4ccccc4)c(-c4ccccc4)nn3c2OC)cc1.Cc1nnc(C)s1. The number of aromatic amines is 1. The van der Waals surface area contributed by atoms with Crippen LogP contribution in [-0.4, -0.2) is 110 Å². The van der Waals surface area contributed by atoms with Crippen molar-refractivity contribution in [2.24, 2.45) is 0 Å². The molecule has 0 atom stereocenters. The van der Waals surface area contributed by atoms with Gasteiger partial charge in [-0.15, -0.1) is 41.9 Å². The minimum absolute atomic E-state index is 0.238. The van der Waals surface area contributed by atoms with Crippen LogP contribution < -0.4 is 39.9 Å². The third-order valence-electron chi connectivity index (χ3n) is 18.2. The van der Waals surface area contributed by atoms with E-state index in [1.807, 2.05) is 270 Å². The minimum Gasteiger partial charge on any atom is -0.497 e. The fraction of sp³-hybridized carbons (Fsp3) is 0.103. The van der Waals surface area contributed by atoms with Crippen LogP contribution in [0.4, 0.5) is 21.9 Å². The predicted molar refractivity (Wildman–Crippen MR) is 454 cm³/mol. The maximum atomic E-state index is 14.1. The number of anilines is 4. The number of methoxy groups -OCH3 is 5. The van der Waals surface area contributed by atoms with Crippen LogP contribution in [0.25, 0.3) is 117 Å². The molecule has 114 heavy (non-hydrogen) atoms. The molecule has 0 saturated heterocycles. The second kappa shape index (κ2) is 34.2. The Bertz CT molecular complexity index is 6390. The van der Waals surface area contributed by atoms with E-state index in [2.05, 4.69) is 58.5 Å². The first kappa shape index (κ1) is 75.6. The highest BCUT2D eigenvalue weighted by molar-refractivity contribution is 7.15. The summed E-state index contributed by atoms with van der Waals surface area (Å²) in [6, 6.07) is 83.0. The second-order valence-electron chi connectivity index (χ2n) is 25.4. The summed E-state index contributed by atoms with van der Waals surface area (Å²) < 4.78 is 32.9. The van der Waals surface area contributed by atoms with E-state index in [0.717, 1.165) is 115 Å². The van der Waals surface area contributed by atoms with Crippen molar-refractivity contribution in [3.63, 3.8) is 0 Å². The lowest BCUT2D eigenvalue weighted by molar-refractivity contribution is 0.387. The van der Waals surface area contributed by atoms with E-state index in [-0.39, 0.29) is 5.56 Å². The molecule has 27 heteroatoms. The number of nitrogens with one attached hydrogen (secondary N) is 3. The third-order valence-corrected chi connectivity index (χ3v) is 20.7. The van der Waals surface area contributed by atoms with Crippen LogP contribution in [0.1, 0.15) is 20.0 Å². The largest absolute Gasteiger partial charge is 0.497 e. The molecular weight excluding hydrogens is 1510 g/mol. The quantitative estimate of drug-likeness (QED) is 0.0675. The molecule has 566 valence electrons. The molecule has 0 bridgehead atoms. The molecule has 23 nitrogen and oxygen atoms in total. The maximum absolute atomic E-state index is 14.1. The Kier molecular flexibility index (Phi) is 22.7. The fourth-order valence-electron chi connectivity index (χ4n) is 13.0. The van der Waals surface area contributed by atoms with E-state index in [1.165, 1.54) is 27.2 Å². The van der Waals surface area contributed by atoms with E-state index >= 15 is 0 Å². The molecule has 9 aromatic heterocycles. The summed E-state index contributed by atoms with van der Waals surface area (Å²) in [4.78, 5) is 29.1. The number of aromatic nitrogens is 15. The van der Waals surface area contributed by atoms with Gasteiger partial charge in [0.15, 0.2) is 16.9 Å². The molecule has 0 radical (unpaired) electrons. The number of nitrogens with zero attached hydrogens (tertiary/aromatic N) is 14. The van der Waals surface area contributed by atoms with Crippen molar-refractivity contribution in [1.82, 2.24) is 74.4 Å². The van der Waals surface area contributed by atoms with Gasteiger partial charge in [-0.2, -0.15) is 23.7 Å². The number of aryl methyl sites for hydroxylation is 4. The van der Waals surface area contributed by atoms with Gasteiger partial charge in [-0.05, 0) is 97.5 Å². The molecule has 0 aliphatic heterocycles. The molecule has 3 N–H and O–H groups in total. The lowest BCUT2D eigenvalue weighted by atomic mass is 10.0. The second-order valence-corrected chi connectivity index (χ2v) is 29.5. The third kappa shape index (κ3) is 16.0. The highest BCUT2D eigenvalue weighted by atomic mass is 35.5. The molecule has 9 heterocycles. The summed E-state index contributed by atoms with van der Waals surface area (Å²) >= 11 is 11.2. The van der Waals surface area contributed by atoms with Crippen LogP contribution in [0.3, 0.4) is 0 Å². The van der Waals surface area contributed by atoms with Gasteiger partial charge in [0, 0.05) is 16.7 Å². The maximum Gasteiger partial charge on any atom is 0.282 e. The number of halogens is 1. The first-order valence-electron chi connectivity index (χ1n) is 35.8. The minimum atomic E-state index is -0.238. The summed E-state index contributed by atoms with van der Waals surface area (Å²) in [6.45, 7) is 7.70. The molecule has 18 rings (SSSR count). The summed E-state index contributed by atoms with van der Waals surface area (Å²) in [5.41, 5.74) is 16.8. The highest BCUT2D eigenvalue weighted by Gasteiger charge is 2.29. The van der Waals surface area contributed by atoms with Crippen LogP contribution >= 0.6 is 45.6 Å². The van der Waals surface area contributed by atoms with Gasteiger partial charge in [-0.25, -0.2) is 15.0 Å². The number of hydrogen-bond acceptors (Lipinski definition) is 22. The average molecular weight is 1580 g/mol. The number of hydrogen-bond donors (Lipinski definition) is 3. The Labute approximate surface area is 671 Å². The van der Waals surface area contributed by atoms with Crippen molar-refractivity contribution >= 4 is 84.5 Å². The number of fused-ring (bicyclic) bond motifs is 3. The van der Waals surface area contributed by atoms with Crippen LogP contribution in [-0.2, 0) is 0 Å². The van der Waals surface area contributed by atoms with Crippen LogP contribution in [0.2, 0.25) is 5.15 Å². The highest BCUT2D eigenvalue weighted by Crippen LogP contribution is 2.46. The van der Waals surface area contributed by atoms with Gasteiger partial charge in [0.05, 0.1) is 74.6 Å². The fourth-order valence-corrected chi connectivity index (χ4v) is 15.1. The van der Waals surface area contributed by atoms with Crippen molar-refractivity contribution in [2.75, 3.05) is 46.2 Å². The molecule has 0 fully saturated rings. The number of rotatable bonds is 18. The lowest BCUT2D eigenvalue weighted by Crippen LogP contribution is -2.19. The Hall–Kier alpha value is -13.8.